The lowest BCUT2D eigenvalue weighted by molar-refractivity contribution is -0.0000212. The van der Waals surface area contributed by atoms with Crippen molar-refractivity contribution in [2.24, 2.45) is 0 Å². The van der Waals surface area contributed by atoms with Crippen molar-refractivity contribution in [3.63, 3.8) is 0 Å². The number of carbonyl (C=O) groups is 1. The molecule has 1 saturated heterocycles. The predicted octanol–water partition coefficient (Wildman–Crippen LogP) is -1.30. The summed E-state index contributed by atoms with van der Waals surface area (Å²) in [4.78, 5) is 28.8. The molecule has 26 heavy (non-hydrogen) atoms. The van der Waals surface area contributed by atoms with E-state index < -0.39 is 17.2 Å². The Morgan fingerprint density at radius 1 is 1.23 bits per heavy atom. The second-order valence-corrected chi connectivity index (χ2v) is 7.55. The molecule has 0 saturated carbocycles. The molecule has 0 radical (unpaired) electrons. The lowest BCUT2D eigenvalue weighted by Gasteiger charge is -2.36. The van der Waals surface area contributed by atoms with E-state index in [0.717, 1.165) is 31.1 Å². The van der Waals surface area contributed by atoms with Gasteiger partial charge in [0.1, 0.15) is 11.4 Å². The lowest BCUT2D eigenvalue weighted by atomic mass is 10.1. The van der Waals surface area contributed by atoms with E-state index in [-0.39, 0.29) is 23.4 Å². The second kappa shape index (κ2) is 7.09. The summed E-state index contributed by atoms with van der Waals surface area (Å²) in [6, 6.07) is 1.21. The number of aromatic carboxylic acids is 1. The van der Waals surface area contributed by atoms with Crippen molar-refractivity contribution in [2.75, 3.05) is 43.9 Å². The maximum absolute atomic E-state index is 15.0. The van der Waals surface area contributed by atoms with E-state index in [0.29, 0.717) is 23.5 Å². The van der Waals surface area contributed by atoms with E-state index in [1.807, 2.05) is 11.9 Å². The van der Waals surface area contributed by atoms with E-state index >= 15 is 0 Å². The smallest absolute Gasteiger partial charge is 0.341 e. The van der Waals surface area contributed by atoms with Gasteiger partial charge in [-0.3, -0.25) is 4.79 Å². The van der Waals surface area contributed by atoms with E-state index in [1.54, 1.807) is 4.57 Å². The number of anilines is 1. The van der Waals surface area contributed by atoms with Crippen molar-refractivity contribution in [3.05, 3.63) is 33.9 Å². The molecule has 0 unspecified atom stereocenters. The first kappa shape index (κ1) is 19.0. The van der Waals surface area contributed by atoms with E-state index in [1.165, 1.54) is 24.0 Å². The molecule has 1 aromatic carbocycles. The van der Waals surface area contributed by atoms with Gasteiger partial charge in [0.15, 0.2) is 0 Å². The van der Waals surface area contributed by atoms with Crippen LogP contribution in [0.2, 0.25) is 0 Å². The van der Waals surface area contributed by atoms with Gasteiger partial charge in [0.2, 0.25) is 5.43 Å². The fraction of sp³-hybridized carbons (Fsp3) is 0.412. The number of aryl methyl sites for hydroxylation is 1. The zero-order valence-electron chi connectivity index (χ0n) is 14.2. The first-order chi connectivity index (χ1) is 12.0. The van der Waals surface area contributed by atoms with E-state index in [2.05, 4.69) is 4.90 Å². The summed E-state index contributed by atoms with van der Waals surface area (Å²) in [6.45, 7) is 3.76. The van der Waals surface area contributed by atoms with Crippen molar-refractivity contribution < 1.29 is 26.7 Å². The highest BCUT2D eigenvalue weighted by Crippen LogP contribution is 2.41. The molecule has 2 aliphatic heterocycles. The summed E-state index contributed by atoms with van der Waals surface area (Å²) in [6.07, 6.45) is 1.39. The van der Waals surface area contributed by atoms with Gasteiger partial charge in [0, 0.05) is 44.7 Å². The van der Waals surface area contributed by atoms with Crippen LogP contribution in [-0.4, -0.2) is 59.5 Å². The van der Waals surface area contributed by atoms with Crippen LogP contribution < -0.4 is 22.7 Å². The summed E-state index contributed by atoms with van der Waals surface area (Å²) >= 11 is 1.54. The second-order valence-electron chi connectivity index (χ2n) is 6.44. The fourth-order valence-electron chi connectivity index (χ4n) is 3.52. The lowest BCUT2D eigenvalue weighted by Crippen LogP contribution is -3.00. The number of hydrogen-bond donors (Lipinski definition) is 1. The summed E-state index contributed by atoms with van der Waals surface area (Å²) in [5.74, 6) is -1.01. The quantitative estimate of drug-likeness (QED) is 0.678. The molecule has 1 N–H and O–H groups in total. The van der Waals surface area contributed by atoms with E-state index in [4.69, 9.17) is 0 Å². The normalized spacial score (nSPS) is 17.2. The Morgan fingerprint density at radius 2 is 1.92 bits per heavy atom. The third-order valence-electron chi connectivity index (χ3n) is 4.87. The highest BCUT2D eigenvalue weighted by Gasteiger charge is 2.28. The molecule has 3 heterocycles. The van der Waals surface area contributed by atoms with E-state index in [9.17, 15) is 19.1 Å². The number of pyridine rings is 1. The van der Waals surface area contributed by atoms with Gasteiger partial charge in [0.05, 0.1) is 21.5 Å². The number of carboxylic acids is 1. The molecule has 2 aliphatic rings. The summed E-state index contributed by atoms with van der Waals surface area (Å²) < 4.78 is 16.7. The van der Waals surface area contributed by atoms with Crippen LogP contribution in [0.5, 0.6) is 0 Å². The van der Waals surface area contributed by atoms with Crippen LogP contribution >= 0.6 is 11.8 Å². The number of aromatic nitrogens is 1. The molecule has 0 atom stereocenters. The standard InChI is InChI=1S/C17H18FN3O3S.ClH/c1-19-2-4-20(5-3-19)14-12(18)8-10-13-16(14)25-7-6-21(13)9-11(15(10)22)17(23)24;/h8-9H,2-7H2,1H3,(H,23,24);1H/p-1. The first-order valence-electron chi connectivity index (χ1n) is 8.16. The van der Waals surface area contributed by atoms with Crippen LogP contribution in [0, 0.1) is 5.82 Å². The van der Waals surface area contributed by atoms with Crippen molar-refractivity contribution in [3.8, 4) is 0 Å². The molecule has 0 spiro atoms. The minimum absolute atomic E-state index is 0. The molecule has 0 aliphatic carbocycles. The molecule has 140 valence electrons. The molecular formula is C17H18ClFN3O3S-. The maximum Gasteiger partial charge on any atom is 0.341 e. The number of rotatable bonds is 2. The number of carboxylic acid groups (broad SMARTS) is 1. The van der Waals surface area contributed by atoms with Gasteiger partial charge in [-0.25, -0.2) is 9.18 Å². The predicted molar refractivity (Wildman–Crippen MR) is 95.6 cm³/mol. The number of piperazine rings is 1. The Hall–Kier alpha value is -1.77. The number of likely N-dealkylation sites (N-methyl/N-ethyl adjacent to an activating group) is 1. The third kappa shape index (κ3) is 2.95. The number of halogens is 2. The van der Waals surface area contributed by atoms with Gasteiger partial charge in [-0.1, -0.05) is 0 Å². The van der Waals surface area contributed by atoms with Gasteiger partial charge < -0.3 is 31.9 Å². The summed E-state index contributed by atoms with van der Waals surface area (Å²) in [5.41, 5.74) is 0.270. The van der Waals surface area contributed by atoms with Crippen LogP contribution in [-0.2, 0) is 6.54 Å². The average Bonchev–Trinajstić information content (AvgIpc) is 2.58. The van der Waals surface area contributed by atoms with Crippen LogP contribution in [0.4, 0.5) is 10.1 Å². The highest BCUT2D eigenvalue weighted by molar-refractivity contribution is 7.99. The zero-order valence-corrected chi connectivity index (χ0v) is 15.7. The minimum Gasteiger partial charge on any atom is -1.00 e. The monoisotopic (exact) mass is 398 g/mol. The molecule has 0 amide bonds. The van der Waals surface area contributed by atoms with Crippen LogP contribution in [0.1, 0.15) is 10.4 Å². The Balaban J connectivity index is 0.00000196. The molecule has 9 heteroatoms. The molecule has 1 aromatic heterocycles. The van der Waals surface area contributed by atoms with Crippen molar-refractivity contribution >= 4 is 34.3 Å². The van der Waals surface area contributed by atoms with Crippen molar-refractivity contribution in [1.29, 1.82) is 0 Å². The average molecular weight is 399 g/mol. The molecule has 2 aromatic rings. The topological polar surface area (TPSA) is 65.8 Å². The molecule has 0 bridgehead atoms. The minimum atomic E-state index is -1.28. The Labute approximate surface area is 160 Å². The van der Waals surface area contributed by atoms with Crippen LogP contribution in [0.25, 0.3) is 10.9 Å². The third-order valence-corrected chi connectivity index (χ3v) is 5.93. The van der Waals surface area contributed by atoms with Crippen LogP contribution in [0.15, 0.2) is 22.0 Å². The number of nitrogens with zero attached hydrogens (tertiary/aromatic N) is 3. The van der Waals surface area contributed by atoms with Gasteiger partial charge in [-0.15, -0.1) is 11.8 Å². The Kier molecular flexibility index (Phi) is 5.18. The number of benzene rings is 1. The largest absolute Gasteiger partial charge is 1.00 e. The van der Waals surface area contributed by atoms with Crippen LogP contribution in [0.3, 0.4) is 0 Å². The molecule has 6 nitrogen and oxygen atoms in total. The highest BCUT2D eigenvalue weighted by atomic mass is 35.5. The number of hydrogen-bond acceptors (Lipinski definition) is 5. The molecule has 1 fully saturated rings. The van der Waals surface area contributed by atoms with Gasteiger partial charge in [0.25, 0.3) is 0 Å². The SMILES string of the molecule is CN1CCN(c2c(F)cc3c(=O)c(C(=O)O)cn4c3c2SCC4)CC1.[Cl-]. The maximum atomic E-state index is 15.0. The molecule has 4 rings (SSSR count). The number of thioether (sulfide) groups is 1. The summed E-state index contributed by atoms with van der Waals surface area (Å²) in [5, 5.41) is 9.41. The van der Waals surface area contributed by atoms with Crippen molar-refractivity contribution in [1.82, 2.24) is 9.47 Å². The van der Waals surface area contributed by atoms with Gasteiger partial charge in [-0.05, 0) is 13.1 Å². The zero-order chi connectivity index (χ0) is 17.7. The fourth-order valence-corrected chi connectivity index (χ4v) is 4.74. The Bertz CT molecular complexity index is 941. The Morgan fingerprint density at radius 3 is 2.58 bits per heavy atom. The molecular weight excluding hydrogens is 381 g/mol. The van der Waals surface area contributed by atoms with Gasteiger partial charge in [-0.2, -0.15) is 0 Å². The van der Waals surface area contributed by atoms with Crippen molar-refractivity contribution in [2.45, 2.75) is 11.4 Å². The summed E-state index contributed by atoms with van der Waals surface area (Å²) in [7, 11) is 2.04. The first-order valence-corrected chi connectivity index (χ1v) is 9.15. The van der Waals surface area contributed by atoms with Gasteiger partial charge >= 0.3 is 5.97 Å².